The molecule has 1 aromatic carbocycles. The largest absolute Gasteiger partial charge is 0.396 e. The topological polar surface area (TPSA) is 66.6 Å². The van der Waals surface area contributed by atoms with Crippen LogP contribution in [0.1, 0.15) is 23.2 Å². The van der Waals surface area contributed by atoms with Crippen molar-refractivity contribution in [2.24, 2.45) is 0 Å². The molecule has 1 heterocycles. The summed E-state index contributed by atoms with van der Waals surface area (Å²) >= 11 is 0. The molecule has 0 unspecified atom stereocenters. The lowest BCUT2D eigenvalue weighted by molar-refractivity contribution is 0.0546. The number of hydrogen-bond donors (Lipinski definition) is 2. The van der Waals surface area contributed by atoms with E-state index in [2.05, 4.69) is 0 Å². The van der Waals surface area contributed by atoms with Gasteiger partial charge in [-0.2, -0.15) is 0 Å². The molecule has 4 nitrogen and oxygen atoms in total. The van der Waals surface area contributed by atoms with E-state index in [-0.39, 0.29) is 17.7 Å². The minimum absolute atomic E-state index is 0.0376. The highest BCUT2D eigenvalue weighted by Gasteiger charge is 2.22. The second kappa shape index (κ2) is 4.71. The number of benzene rings is 1. The number of carbonyl (C=O) groups excluding carboxylic acids is 1. The predicted octanol–water partition coefficient (Wildman–Crippen LogP) is 1.00. The van der Waals surface area contributed by atoms with Gasteiger partial charge < -0.3 is 15.7 Å². The molecule has 1 aromatic rings. The fraction of sp³-hybridized carbons (Fsp3) is 0.417. The molecule has 17 heavy (non-hydrogen) atoms. The van der Waals surface area contributed by atoms with Crippen LogP contribution >= 0.6 is 0 Å². The van der Waals surface area contributed by atoms with Crippen LogP contribution in [-0.2, 0) is 0 Å². The Balaban J connectivity index is 2.11. The summed E-state index contributed by atoms with van der Waals surface area (Å²) in [7, 11) is 0. The predicted molar refractivity (Wildman–Crippen MR) is 62.0 cm³/mol. The van der Waals surface area contributed by atoms with Gasteiger partial charge in [-0.1, -0.05) is 0 Å². The Kier molecular flexibility index (Phi) is 3.28. The second-order valence-corrected chi connectivity index (χ2v) is 4.26. The minimum Gasteiger partial charge on any atom is -0.396 e. The molecule has 5 heteroatoms. The van der Waals surface area contributed by atoms with E-state index in [1.807, 2.05) is 0 Å². The number of piperidine rings is 1. The normalized spacial score (nSPS) is 17.2. The van der Waals surface area contributed by atoms with Crippen molar-refractivity contribution in [3.8, 4) is 0 Å². The number of halogens is 1. The monoisotopic (exact) mass is 238 g/mol. The van der Waals surface area contributed by atoms with Crippen LogP contribution in [0.3, 0.4) is 0 Å². The lowest BCUT2D eigenvalue weighted by Gasteiger charge is -2.29. The van der Waals surface area contributed by atoms with Crippen LogP contribution in [0.2, 0.25) is 0 Å². The number of nitrogens with two attached hydrogens (primary N) is 1. The van der Waals surface area contributed by atoms with Crippen molar-refractivity contribution in [1.82, 2.24) is 4.90 Å². The van der Waals surface area contributed by atoms with E-state index >= 15 is 0 Å². The summed E-state index contributed by atoms with van der Waals surface area (Å²) in [5, 5.41) is 9.35. The Morgan fingerprint density at radius 2 is 2.06 bits per heavy atom. The van der Waals surface area contributed by atoms with Crippen molar-refractivity contribution in [3.63, 3.8) is 0 Å². The first-order valence-electron chi connectivity index (χ1n) is 5.60. The third kappa shape index (κ3) is 2.55. The Morgan fingerprint density at radius 1 is 1.41 bits per heavy atom. The van der Waals surface area contributed by atoms with Crippen molar-refractivity contribution in [2.75, 3.05) is 18.8 Å². The maximum Gasteiger partial charge on any atom is 0.253 e. The van der Waals surface area contributed by atoms with Crippen LogP contribution in [0, 0.1) is 5.82 Å². The first-order valence-corrected chi connectivity index (χ1v) is 5.60. The summed E-state index contributed by atoms with van der Waals surface area (Å²) in [6, 6.07) is 4.07. The van der Waals surface area contributed by atoms with Crippen LogP contribution in [0.4, 0.5) is 10.1 Å². The first kappa shape index (κ1) is 11.9. The first-order chi connectivity index (χ1) is 8.08. The number of aliphatic hydroxyl groups is 1. The zero-order chi connectivity index (χ0) is 12.4. The van der Waals surface area contributed by atoms with Crippen molar-refractivity contribution >= 4 is 11.6 Å². The number of amides is 1. The number of aliphatic hydroxyl groups excluding tert-OH is 1. The molecule has 1 fully saturated rings. The van der Waals surface area contributed by atoms with Crippen LogP contribution in [0.25, 0.3) is 0 Å². The highest BCUT2D eigenvalue weighted by Crippen LogP contribution is 2.17. The fourth-order valence-electron chi connectivity index (χ4n) is 1.91. The molecular weight excluding hydrogens is 223 g/mol. The zero-order valence-electron chi connectivity index (χ0n) is 9.40. The molecule has 0 atom stereocenters. The molecule has 1 amide bonds. The molecule has 3 N–H and O–H groups in total. The lowest BCUT2D eigenvalue weighted by Crippen LogP contribution is -2.40. The smallest absolute Gasteiger partial charge is 0.253 e. The quantitative estimate of drug-likeness (QED) is 0.717. The van der Waals surface area contributed by atoms with E-state index in [9.17, 15) is 14.3 Å². The third-order valence-electron chi connectivity index (χ3n) is 3.00. The van der Waals surface area contributed by atoms with Crippen molar-refractivity contribution < 1.29 is 14.3 Å². The van der Waals surface area contributed by atoms with Crippen LogP contribution in [0.5, 0.6) is 0 Å². The van der Waals surface area contributed by atoms with Gasteiger partial charge in [-0.25, -0.2) is 4.39 Å². The summed E-state index contributed by atoms with van der Waals surface area (Å²) in [5.41, 5.74) is 5.69. The van der Waals surface area contributed by atoms with Gasteiger partial charge in [-0.3, -0.25) is 4.79 Å². The summed E-state index contributed by atoms with van der Waals surface area (Å²) < 4.78 is 13.2. The number of rotatable bonds is 1. The van der Waals surface area contributed by atoms with Gasteiger partial charge in [0.2, 0.25) is 0 Å². The van der Waals surface area contributed by atoms with E-state index < -0.39 is 5.82 Å². The van der Waals surface area contributed by atoms with E-state index in [0.29, 0.717) is 31.5 Å². The number of hydrogen-bond acceptors (Lipinski definition) is 3. The second-order valence-electron chi connectivity index (χ2n) is 4.26. The zero-order valence-corrected chi connectivity index (χ0v) is 9.40. The Labute approximate surface area is 98.8 Å². The number of nitrogen functional groups attached to an aromatic ring is 1. The maximum absolute atomic E-state index is 13.2. The average Bonchev–Trinajstić information content (AvgIpc) is 2.33. The SMILES string of the molecule is Nc1ccc(C(=O)N2CCC(O)CC2)cc1F. The van der Waals surface area contributed by atoms with E-state index in [1.54, 1.807) is 4.90 Å². The molecular formula is C12H15FN2O2. The van der Waals surface area contributed by atoms with Gasteiger partial charge in [0, 0.05) is 18.7 Å². The van der Waals surface area contributed by atoms with Gasteiger partial charge >= 0.3 is 0 Å². The molecule has 0 bridgehead atoms. The summed E-state index contributed by atoms with van der Waals surface area (Å²) in [6.45, 7) is 1.01. The number of carbonyl (C=O) groups is 1. The van der Waals surface area contributed by atoms with Gasteiger partial charge in [0.15, 0.2) is 0 Å². The van der Waals surface area contributed by atoms with Gasteiger partial charge in [0.25, 0.3) is 5.91 Å². The number of nitrogens with zero attached hydrogens (tertiary/aromatic N) is 1. The molecule has 2 rings (SSSR count). The molecule has 1 saturated heterocycles. The van der Waals surface area contributed by atoms with Crippen LogP contribution in [-0.4, -0.2) is 35.1 Å². The van der Waals surface area contributed by atoms with E-state index in [1.165, 1.54) is 12.1 Å². The molecule has 0 aromatic heterocycles. The Hall–Kier alpha value is -1.62. The van der Waals surface area contributed by atoms with Gasteiger partial charge in [-0.05, 0) is 31.0 Å². The summed E-state index contributed by atoms with van der Waals surface area (Å²) in [5.74, 6) is -0.788. The molecule has 0 aliphatic carbocycles. The Morgan fingerprint density at radius 3 is 2.65 bits per heavy atom. The molecule has 92 valence electrons. The third-order valence-corrected chi connectivity index (χ3v) is 3.00. The van der Waals surface area contributed by atoms with E-state index in [0.717, 1.165) is 6.07 Å². The molecule has 1 aliphatic heterocycles. The highest BCUT2D eigenvalue weighted by molar-refractivity contribution is 5.94. The maximum atomic E-state index is 13.2. The van der Waals surface area contributed by atoms with Crippen LogP contribution < -0.4 is 5.73 Å². The van der Waals surface area contributed by atoms with Crippen molar-refractivity contribution in [1.29, 1.82) is 0 Å². The highest BCUT2D eigenvalue weighted by atomic mass is 19.1. The van der Waals surface area contributed by atoms with Crippen LogP contribution in [0.15, 0.2) is 18.2 Å². The standard InChI is InChI=1S/C12H15FN2O2/c13-10-7-8(1-2-11(10)14)12(17)15-5-3-9(16)4-6-15/h1-2,7,9,16H,3-6,14H2. The van der Waals surface area contributed by atoms with Crippen molar-refractivity contribution in [2.45, 2.75) is 18.9 Å². The Bertz CT molecular complexity index is 429. The van der Waals surface area contributed by atoms with E-state index in [4.69, 9.17) is 5.73 Å². The molecule has 0 radical (unpaired) electrons. The summed E-state index contributed by atoms with van der Waals surface area (Å²) in [4.78, 5) is 13.6. The summed E-state index contributed by atoms with van der Waals surface area (Å²) in [6.07, 6.45) is 0.814. The molecule has 0 saturated carbocycles. The molecule has 1 aliphatic rings. The van der Waals surface area contributed by atoms with Crippen molar-refractivity contribution in [3.05, 3.63) is 29.6 Å². The van der Waals surface area contributed by atoms with Gasteiger partial charge in [-0.15, -0.1) is 0 Å². The van der Waals surface area contributed by atoms with Gasteiger partial charge in [0.1, 0.15) is 5.82 Å². The number of anilines is 1. The van der Waals surface area contributed by atoms with Gasteiger partial charge in [0.05, 0.1) is 11.8 Å². The minimum atomic E-state index is -0.576. The number of likely N-dealkylation sites (tertiary alicyclic amines) is 1. The fourth-order valence-corrected chi connectivity index (χ4v) is 1.91. The average molecular weight is 238 g/mol. The molecule has 0 spiro atoms. The lowest BCUT2D eigenvalue weighted by atomic mass is 10.1.